The lowest BCUT2D eigenvalue weighted by atomic mass is 10.1. The van der Waals surface area contributed by atoms with Gasteiger partial charge in [0.15, 0.2) is 5.69 Å². The Morgan fingerprint density at radius 1 is 1.00 bits per heavy atom. The first kappa shape index (κ1) is 20.0. The number of amides is 1. The fourth-order valence-corrected chi connectivity index (χ4v) is 3.25. The minimum atomic E-state index is -0.510. The number of rotatable bonds is 6. The highest BCUT2D eigenvalue weighted by atomic mass is 16.5. The summed E-state index contributed by atoms with van der Waals surface area (Å²) in [6.45, 7) is 0.259. The molecule has 0 spiro atoms. The van der Waals surface area contributed by atoms with E-state index in [1.54, 1.807) is 37.4 Å². The standard InChI is InChI=1S/C24H20N4O3/c1-31-21-14-8-5-11-18(21)15-25-26-23(29)22-19-12-6-7-13-20(19)24(30)28(27-22)16-17-9-3-2-4-10-17/h2-15H,16H2,1H3,(H,26,29)/b25-15-. The van der Waals surface area contributed by atoms with Crippen molar-refractivity contribution >= 4 is 22.9 Å². The van der Waals surface area contributed by atoms with Crippen LogP contribution in [0.1, 0.15) is 21.6 Å². The average Bonchev–Trinajstić information content (AvgIpc) is 2.82. The quantitative estimate of drug-likeness (QED) is 0.389. The number of aromatic nitrogens is 2. The molecule has 0 atom stereocenters. The molecule has 31 heavy (non-hydrogen) atoms. The third-order valence-electron chi connectivity index (χ3n) is 4.77. The van der Waals surface area contributed by atoms with E-state index in [1.165, 1.54) is 10.9 Å². The van der Waals surface area contributed by atoms with Crippen LogP contribution in [0.2, 0.25) is 0 Å². The van der Waals surface area contributed by atoms with E-state index in [-0.39, 0.29) is 17.8 Å². The van der Waals surface area contributed by atoms with Gasteiger partial charge in [-0.25, -0.2) is 10.1 Å². The number of nitrogens with zero attached hydrogens (tertiary/aromatic N) is 3. The van der Waals surface area contributed by atoms with Crippen LogP contribution in [0.5, 0.6) is 5.75 Å². The first-order chi connectivity index (χ1) is 15.2. The monoisotopic (exact) mass is 412 g/mol. The van der Waals surface area contributed by atoms with Crippen LogP contribution >= 0.6 is 0 Å². The predicted octanol–water partition coefficient (Wildman–Crippen LogP) is 3.22. The van der Waals surface area contributed by atoms with Gasteiger partial charge in [-0.2, -0.15) is 10.2 Å². The van der Waals surface area contributed by atoms with Crippen molar-refractivity contribution in [2.75, 3.05) is 7.11 Å². The Morgan fingerprint density at radius 3 is 2.45 bits per heavy atom. The molecule has 7 nitrogen and oxygen atoms in total. The van der Waals surface area contributed by atoms with Crippen LogP contribution in [0, 0.1) is 0 Å². The van der Waals surface area contributed by atoms with E-state index in [0.717, 1.165) is 11.1 Å². The summed E-state index contributed by atoms with van der Waals surface area (Å²) < 4.78 is 6.58. The predicted molar refractivity (Wildman–Crippen MR) is 120 cm³/mol. The molecule has 0 unspecified atom stereocenters. The van der Waals surface area contributed by atoms with Gasteiger partial charge in [0.05, 0.1) is 25.3 Å². The topological polar surface area (TPSA) is 85.6 Å². The molecule has 1 heterocycles. The van der Waals surface area contributed by atoms with Crippen molar-refractivity contribution in [2.24, 2.45) is 5.10 Å². The van der Waals surface area contributed by atoms with Crippen molar-refractivity contribution < 1.29 is 9.53 Å². The van der Waals surface area contributed by atoms with E-state index in [2.05, 4.69) is 15.6 Å². The van der Waals surface area contributed by atoms with Gasteiger partial charge in [0, 0.05) is 10.9 Å². The first-order valence-electron chi connectivity index (χ1n) is 9.67. The lowest BCUT2D eigenvalue weighted by molar-refractivity contribution is 0.0949. The SMILES string of the molecule is COc1ccccc1/C=N\NC(=O)c1nn(Cc2ccccc2)c(=O)c2ccccc12. The number of hydrazone groups is 1. The van der Waals surface area contributed by atoms with Gasteiger partial charge in [-0.15, -0.1) is 0 Å². The molecular weight excluding hydrogens is 392 g/mol. The van der Waals surface area contributed by atoms with Crippen LogP contribution in [0.25, 0.3) is 10.8 Å². The minimum Gasteiger partial charge on any atom is -0.496 e. The number of nitrogens with one attached hydrogen (secondary N) is 1. The van der Waals surface area contributed by atoms with Gasteiger partial charge in [0.2, 0.25) is 0 Å². The molecule has 3 aromatic carbocycles. The summed E-state index contributed by atoms with van der Waals surface area (Å²) in [6, 6.07) is 23.7. The van der Waals surface area contributed by atoms with E-state index in [4.69, 9.17) is 4.74 Å². The van der Waals surface area contributed by atoms with Crippen LogP contribution in [-0.4, -0.2) is 29.0 Å². The van der Waals surface area contributed by atoms with Crippen LogP contribution in [0.3, 0.4) is 0 Å². The third kappa shape index (κ3) is 4.35. The maximum absolute atomic E-state index is 12.9. The molecule has 0 fully saturated rings. The van der Waals surface area contributed by atoms with Gasteiger partial charge in [-0.1, -0.05) is 60.7 Å². The van der Waals surface area contributed by atoms with E-state index in [0.29, 0.717) is 16.5 Å². The highest BCUT2D eigenvalue weighted by Gasteiger charge is 2.16. The Balaban J connectivity index is 1.67. The molecule has 0 bridgehead atoms. The maximum Gasteiger partial charge on any atom is 0.292 e. The van der Waals surface area contributed by atoms with Crippen molar-refractivity contribution in [3.05, 3.63) is 106 Å². The molecule has 4 rings (SSSR count). The zero-order valence-corrected chi connectivity index (χ0v) is 16.9. The summed E-state index contributed by atoms with van der Waals surface area (Å²) in [5, 5.41) is 9.28. The molecule has 0 saturated heterocycles. The molecular formula is C24H20N4O3. The summed E-state index contributed by atoms with van der Waals surface area (Å²) in [5.41, 5.74) is 4.00. The lowest BCUT2D eigenvalue weighted by Crippen LogP contribution is -2.29. The van der Waals surface area contributed by atoms with Gasteiger partial charge in [0.25, 0.3) is 11.5 Å². The Labute approximate surface area is 178 Å². The number of methoxy groups -OCH3 is 1. The summed E-state index contributed by atoms with van der Waals surface area (Å²) in [5.74, 6) is 0.129. The zero-order valence-electron chi connectivity index (χ0n) is 16.9. The second kappa shape index (κ2) is 9.04. The van der Waals surface area contributed by atoms with Crippen LogP contribution < -0.4 is 15.7 Å². The smallest absolute Gasteiger partial charge is 0.292 e. The molecule has 0 aliphatic carbocycles. The van der Waals surface area contributed by atoms with Crippen molar-refractivity contribution in [1.82, 2.24) is 15.2 Å². The number of para-hydroxylation sites is 1. The van der Waals surface area contributed by atoms with Gasteiger partial charge < -0.3 is 4.74 Å². The molecule has 4 aromatic rings. The van der Waals surface area contributed by atoms with Gasteiger partial charge >= 0.3 is 0 Å². The Kier molecular flexibility index (Phi) is 5.84. The summed E-state index contributed by atoms with van der Waals surface area (Å²) in [7, 11) is 1.57. The van der Waals surface area contributed by atoms with E-state index < -0.39 is 5.91 Å². The fourth-order valence-electron chi connectivity index (χ4n) is 3.25. The number of fused-ring (bicyclic) bond motifs is 1. The normalized spacial score (nSPS) is 11.0. The molecule has 7 heteroatoms. The zero-order chi connectivity index (χ0) is 21.6. The highest BCUT2D eigenvalue weighted by molar-refractivity contribution is 6.05. The third-order valence-corrected chi connectivity index (χ3v) is 4.77. The van der Waals surface area contributed by atoms with E-state index in [9.17, 15) is 9.59 Å². The second-order valence-electron chi connectivity index (χ2n) is 6.78. The van der Waals surface area contributed by atoms with Crippen molar-refractivity contribution in [3.8, 4) is 5.75 Å². The van der Waals surface area contributed by atoms with Crippen molar-refractivity contribution in [2.45, 2.75) is 6.54 Å². The van der Waals surface area contributed by atoms with Crippen LogP contribution in [0.15, 0.2) is 88.8 Å². The number of ether oxygens (including phenoxy) is 1. The Bertz CT molecular complexity index is 1310. The Morgan fingerprint density at radius 2 is 1.68 bits per heavy atom. The molecule has 0 aliphatic heterocycles. The first-order valence-corrected chi connectivity index (χ1v) is 9.67. The van der Waals surface area contributed by atoms with Crippen molar-refractivity contribution in [1.29, 1.82) is 0 Å². The minimum absolute atomic E-state index is 0.128. The Hall–Kier alpha value is -4.26. The number of hydrogen-bond acceptors (Lipinski definition) is 5. The molecule has 0 aliphatic rings. The summed E-state index contributed by atoms with van der Waals surface area (Å²) in [4.78, 5) is 25.8. The summed E-state index contributed by atoms with van der Waals surface area (Å²) >= 11 is 0. The molecule has 0 radical (unpaired) electrons. The molecule has 154 valence electrons. The van der Waals surface area contributed by atoms with Crippen molar-refractivity contribution in [3.63, 3.8) is 0 Å². The van der Waals surface area contributed by atoms with Gasteiger partial charge in [-0.3, -0.25) is 9.59 Å². The largest absolute Gasteiger partial charge is 0.496 e. The molecule has 1 amide bonds. The number of carbonyl (C=O) groups is 1. The fraction of sp³-hybridized carbons (Fsp3) is 0.0833. The van der Waals surface area contributed by atoms with E-state index >= 15 is 0 Å². The highest BCUT2D eigenvalue weighted by Crippen LogP contribution is 2.15. The number of benzene rings is 3. The number of carbonyl (C=O) groups excluding carboxylic acids is 1. The maximum atomic E-state index is 12.9. The van der Waals surface area contributed by atoms with Gasteiger partial charge in [0.1, 0.15) is 5.75 Å². The molecule has 1 aromatic heterocycles. The second-order valence-corrected chi connectivity index (χ2v) is 6.78. The van der Waals surface area contributed by atoms with E-state index in [1.807, 2.05) is 48.5 Å². The van der Waals surface area contributed by atoms with Gasteiger partial charge in [-0.05, 0) is 23.8 Å². The molecule has 0 saturated carbocycles. The lowest BCUT2D eigenvalue weighted by Gasteiger charge is -2.10. The van der Waals surface area contributed by atoms with Crippen LogP contribution in [-0.2, 0) is 6.54 Å². The summed E-state index contributed by atoms with van der Waals surface area (Å²) in [6.07, 6.45) is 1.50. The molecule has 1 N–H and O–H groups in total. The average molecular weight is 412 g/mol. The number of hydrogen-bond donors (Lipinski definition) is 1. The van der Waals surface area contributed by atoms with Crippen LogP contribution in [0.4, 0.5) is 0 Å².